The van der Waals surface area contributed by atoms with E-state index >= 15 is 0 Å². The molecule has 0 bridgehead atoms. The lowest BCUT2D eigenvalue weighted by Crippen LogP contribution is -2.57. The number of hydrogen-bond acceptors (Lipinski definition) is 3. The number of imide groups is 1. The average molecular weight is 253 g/mol. The van der Waals surface area contributed by atoms with Gasteiger partial charge in [0.1, 0.15) is 0 Å². The van der Waals surface area contributed by atoms with E-state index in [1.165, 1.54) is 4.90 Å². The number of carbonyl (C=O) groups excluding carboxylic acids is 2. The standard InChI is InChI=1S/C14H23NO3/c1-10-5-4-6-14(7-10,9-16)15-11(17)8-13(2,3)12(15)18/h10,16H,4-9H2,1-3H3. The molecule has 1 saturated carbocycles. The minimum absolute atomic E-state index is 0.106. The van der Waals surface area contributed by atoms with Gasteiger partial charge in [-0.05, 0) is 18.8 Å². The van der Waals surface area contributed by atoms with Gasteiger partial charge in [0, 0.05) is 6.42 Å². The minimum Gasteiger partial charge on any atom is -0.394 e. The maximum atomic E-state index is 12.4. The van der Waals surface area contributed by atoms with Crippen molar-refractivity contribution in [3.8, 4) is 0 Å². The highest BCUT2D eigenvalue weighted by Gasteiger charge is 2.54. The van der Waals surface area contributed by atoms with Crippen LogP contribution in [0.4, 0.5) is 0 Å². The first-order chi connectivity index (χ1) is 8.32. The molecule has 1 aliphatic carbocycles. The number of aliphatic hydroxyl groups excluding tert-OH is 1. The topological polar surface area (TPSA) is 57.6 Å². The van der Waals surface area contributed by atoms with Crippen molar-refractivity contribution >= 4 is 11.8 Å². The van der Waals surface area contributed by atoms with Crippen molar-refractivity contribution < 1.29 is 14.7 Å². The van der Waals surface area contributed by atoms with Gasteiger partial charge in [-0.3, -0.25) is 14.5 Å². The molecule has 1 saturated heterocycles. The van der Waals surface area contributed by atoms with Crippen LogP contribution in [0, 0.1) is 11.3 Å². The summed E-state index contributed by atoms with van der Waals surface area (Å²) in [5.41, 5.74) is -1.25. The molecule has 0 aromatic rings. The molecule has 0 spiro atoms. The van der Waals surface area contributed by atoms with Crippen molar-refractivity contribution in [1.29, 1.82) is 0 Å². The maximum Gasteiger partial charge on any atom is 0.235 e. The molecule has 2 unspecified atom stereocenters. The Morgan fingerprint density at radius 1 is 1.39 bits per heavy atom. The third kappa shape index (κ3) is 1.96. The molecule has 2 rings (SSSR count). The van der Waals surface area contributed by atoms with Crippen LogP contribution in [0.15, 0.2) is 0 Å². The van der Waals surface area contributed by atoms with E-state index in [2.05, 4.69) is 6.92 Å². The van der Waals surface area contributed by atoms with Crippen molar-refractivity contribution in [2.75, 3.05) is 6.61 Å². The molecule has 2 amide bonds. The molecule has 0 radical (unpaired) electrons. The summed E-state index contributed by atoms with van der Waals surface area (Å²) in [5, 5.41) is 9.78. The van der Waals surface area contributed by atoms with Crippen LogP contribution in [0.5, 0.6) is 0 Å². The van der Waals surface area contributed by atoms with Gasteiger partial charge < -0.3 is 5.11 Å². The SMILES string of the molecule is CC1CCCC(CO)(N2C(=O)CC(C)(C)C2=O)C1. The van der Waals surface area contributed by atoms with Crippen LogP contribution in [0.3, 0.4) is 0 Å². The van der Waals surface area contributed by atoms with Gasteiger partial charge in [0.25, 0.3) is 0 Å². The zero-order valence-electron chi connectivity index (χ0n) is 11.5. The van der Waals surface area contributed by atoms with Crippen LogP contribution in [-0.4, -0.2) is 34.0 Å². The van der Waals surface area contributed by atoms with E-state index in [9.17, 15) is 14.7 Å². The molecule has 2 atom stereocenters. The lowest BCUT2D eigenvalue weighted by atomic mass is 9.75. The molecule has 0 aromatic carbocycles. The average Bonchev–Trinajstić information content (AvgIpc) is 2.48. The molecule has 1 N–H and O–H groups in total. The van der Waals surface area contributed by atoms with Crippen molar-refractivity contribution in [2.45, 2.75) is 58.4 Å². The number of amides is 2. The van der Waals surface area contributed by atoms with Crippen molar-refractivity contribution in [3.63, 3.8) is 0 Å². The van der Waals surface area contributed by atoms with Crippen LogP contribution in [0.1, 0.15) is 52.9 Å². The summed E-state index contributed by atoms with van der Waals surface area (Å²) < 4.78 is 0. The van der Waals surface area contributed by atoms with E-state index in [4.69, 9.17) is 0 Å². The molecule has 18 heavy (non-hydrogen) atoms. The molecular formula is C14H23NO3. The predicted octanol–water partition coefficient (Wildman–Crippen LogP) is 1.71. The second-order valence-electron chi connectivity index (χ2n) is 6.68. The molecule has 4 heteroatoms. The van der Waals surface area contributed by atoms with Crippen molar-refractivity contribution in [3.05, 3.63) is 0 Å². The normalized spacial score (nSPS) is 36.2. The minimum atomic E-state index is -0.639. The molecule has 1 aliphatic heterocycles. The van der Waals surface area contributed by atoms with Crippen LogP contribution >= 0.6 is 0 Å². The summed E-state index contributed by atoms with van der Waals surface area (Å²) in [7, 11) is 0. The lowest BCUT2D eigenvalue weighted by molar-refractivity contribution is -0.153. The highest BCUT2D eigenvalue weighted by atomic mass is 16.3. The highest BCUT2D eigenvalue weighted by Crippen LogP contribution is 2.43. The van der Waals surface area contributed by atoms with Gasteiger partial charge in [-0.15, -0.1) is 0 Å². The number of nitrogens with zero attached hydrogens (tertiary/aromatic N) is 1. The quantitative estimate of drug-likeness (QED) is 0.762. The zero-order chi connectivity index (χ0) is 13.6. The van der Waals surface area contributed by atoms with E-state index in [0.717, 1.165) is 25.7 Å². The first-order valence-electron chi connectivity index (χ1n) is 6.81. The molecular weight excluding hydrogens is 230 g/mol. The fourth-order valence-corrected chi connectivity index (χ4v) is 3.48. The molecule has 2 aliphatic rings. The Hall–Kier alpha value is -0.900. The maximum absolute atomic E-state index is 12.4. The molecule has 4 nitrogen and oxygen atoms in total. The fourth-order valence-electron chi connectivity index (χ4n) is 3.48. The third-order valence-electron chi connectivity index (χ3n) is 4.46. The van der Waals surface area contributed by atoms with Crippen LogP contribution in [0.25, 0.3) is 0 Å². The van der Waals surface area contributed by atoms with E-state index in [1.54, 1.807) is 0 Å². The van der Waals surface area contributed by atoms with Crippen LogP contribution < -0.4 is 0 Å². The molecule has 1 heterocycles. The predicted molar refractivity (Wildman–Crippen MR) is 67.7 cm³/mol. The summed E-state index contributed by atoms with van der Waals surface area (Å²) in [6.45, 7) is 5.64. The summed E-state index contributed by atoms with van der Waals surface area (Å²) in [6, 6.07) is 0. The second kappa shape index (κ2) is 4.34. The lowest BCUT2D eigenvalue weighted by Gasteiger charge is -2.44. The third-order valence-corrected chi connectivity index (χ3v) is 4.46. The number of carbonyl (C=O) groups is 2. The first kappa shape index (κ1) is 13.5. The molecule has 2 fully saturated rings. The number of aliphatic hydroxyl groups is 1. The Kier molecular flexibility index (Phi) is 3.26. The van der Waals surface area contributed by atoms with Gasteiger partial charge >= 0.3 is 0 Å². The largest absolute Gasteiger partial charge is 0.394 e. The zero-order valence-corrected chi connectivity index (χ0v) is 11.5. The van der Waals surface area contributed by atoms with E-state index in [0.29, 0.717) is 5.92 Å². The van der Waals surface area contributed by atoms with Crippen LogP contribution in [0.2, 0.25) is 0 Å². The summed E-state index contributed by atoms with van der Waals surface area (Å²) in [4.78, 5) is 26.0. The summed E-state index contributed by atoms with van der Waals surface area (Å²) in [5.74, 6) is 0.221. The van der Waals surface area contributed by atoms with Gasteiger partial charge in [-0.2, -0.15) is 0 Å². The molecule has 0 aromatic heterocycles. The fraction of sp³-hybridized carbons (Fsp3) is 0.857. The first-order valence-corrected chi connectivity index (χ1v) is 6.81. The van der Waals surface area contributed by atoms with Gasteiger partial charge in [-0.1, -0.05) is 33.6 Å². The van der Waals surface area contributed by atoms with Gasteiger partial charge in [0.2, 0.25) is 11.8 Å². The van der Waals surface area contributed by atoms with Gasteiger partial charge in [0.05, 0.1) is 17.6 Å². The Morgan fingerprint density at radius 2 is 2.06 bits per heavy atom. The Morgan fingerprint density at radius 3 is 2.50 bits per heavy atom. The van der Waals surface area contributed by atoms with Gasteiger partial charge in [-0.25, -0.2) is 0 Å². The number of hydrogen-bond donors (Lipinski definition) is 1. The van der Waals surface area contributed by atoms with E-state index in [1.807, 2.05) is 13.8 Å². The Bertz CT molecular complexity index is 377. The highest BCUT2D eigenvalue weighted by molar-refractivity contribution is 6.06. The Balaban J connectivity index is 2.33. The van der Waals surface area contributed by atoms with Crippen molar-refractivity contribution in [2.24, 2.45) is 11.3 Å². The Labute approximate surface area is 108 Å². The summed E-state index contributed by atoms with van der Waals surface area (Å²) >= 11 is 0. The monoisotopic (exact) mass is 253 g/mol. The van der Waals surface area contributed by atoms with Crippen LogP contribution in [-0.2, 0) is 9.59 Å². The smallest absolute Gasteiger partial charge is 0.235 e. The second-order valence-corrected chi connectivity index (χ2v) is 6.68. The van der Waals surface area contributed by atoms with Crippen molar-refractivity contribution in [1.82, 2.24) is 4.90 Å². The van der Waals surface area contributed by atoms with Gasteiger partial charge in [0.15, 0.2) is 0 Å². The number of likely N-dealkylation sites (tertiary alicyclic amines) is 1. The number of rotatable bonds is 2. The summed E-state index contributed by atoms with van der Waals surface area (Å²) in [6.07, 6.45) is 3.82. The van der Waals surface area contributed by atoms with E-state index in [-0.39, 0.29) is 24.8 Å². The van der Waals surface area contributed by atoms with E-state index < -0.39 is 11.0 Å². The molecule has 102 valence electrons.